The highest BCUT2D eigenvalue weighted by molar-refractivity contribution is 5.56. The minimum atomic E-state index is -0.199. The highest BCUT2D eigenvalue weighted by Crippen LogP contribution is 2.30. The van der Waals surface area contributed by atoms with E-state index in [1.165, 1.54) is 0 Å². The van der Waals surface area contributed by atoms with Gasteiger partial charge in [-0.2, -0.15) is 0 Å². The van der Waals surface area contributed by atoms with Gasteiger partial charge in [0.15, 0.2) is 17.8 Å². The third-order valence-corrected chi connectivity index (χ3v) is 2.69. The average molecular weight is 236 g/mol. The van der Waals surface area contributed by atoms with E-state index in [0.29, 0.717) is 17.9 Å². The Bertz CT molecular complexity index is 383. The molecule has 1 aliphatic rings. The Morgan fingerprint density at radius 3 is 3.00 bits per heavy atom. The summed E-state index contributed by atoms with van der Waals surface area (Å²) in [4.78, 5) is 10.5. The molecule has 92 valence electrons. The maximum atomic E-state index is 10.5. The summed E-state index contributed by atoms with van der Waals surface area (Å²) in [5, 5.41) is 0. The lowest BCUT2D eigenvalue weighted by Crippen LogP contribution is -2.14. The zero-order valence-electron chi connectivity index (χ0n) is 9.85. The largest absolute Gasteiger partial charge is 0.493 e. The van der Waals surface area contributed by atoms with Crippen LogP contribution in [0.15, 0.2) is 18.2 Å². The zero-order chi connectivity index (χ0) is 12.1. The van der Waals surface area contributed by atoms with Crippen LogP contribution >= 0.6 is 0 Å². The van der Waals surface area contributed by atoms with E-state index >= 15 is 0 Å². The van der Waals surface area contributed by atoms with Crippen LogP contribution in [0.1, 0.15) is 18.4 Å². The van der Waals surface area contributed by atoms with Gasteiger partial charge in [0.1, 0.15) is 6.29 Å². The molecule has 17 heavy (non-hydrogen) atoms. The SMILES string of the molecule is COc1ccc(CC=O)cc1OC1CCCO1. The zero-order valence-corrected chi connectivity index (χ0v) is 9.85. The van der Waals surface area contributed by atoms with Crippen molar-refractivity contribution >= 4 is 6.29 Å². The minimum Gasteiger partial charge on any atom is -0.493 e. The smallest absolute Gasteiger partial charge is 0.200 e. The number of methoxy groups -OCH3 is 1. The van der Waals surface area contributed by atoms with Crippen LogP contribution in [0.2, 0.25) is 0 Å². The Morgan fingerprint density at radius 1 is 1.47 bits per heavy atom. The molecule has 0 saturated carbocycles. The van der Waals surface area contributed by atoms with E-state index < -0.39 is 0 Å². The fourth-order valence-corrected chi connectivity index (χ4v) is 1.82. The highest BCUT2D eigenvalue weighted by Gasteiger charge is 2.19. The van der Waals surface area contributed by atoms with E-state index in [-0.39, 0.29) is 6.29 Å². The predicted molar refractivity (Wildman–Crippen MR) is 62.4 cm³/mol. The quantitative estimate of drug-likeness (QED) is 0.733. The molecule has 0 aliphatic carbocycles. The van der Waals surface area contributed by atoms with Gasteiger partial charge in [-0.25, -0.2) is 0 Å². The molecule has 1 unspecified atom stereocenters. The van der Waals surface area contributed by atoms with Crippen LogP contribution in [-0.2, 0) is 16.0 Å². The monoisotopic (exact) mass is 236 g/mol. The summed E-state index contributed by atoms with van der Waals surface area (Å²) in [5.41, 5.74) is 0.911. The Balaban J connectivity index is 2.15. The Morgan fingerprint density at radius 2 is 2.35 bits per heavy atom. The van der Waals surface area contributed by atoms with Crippen molar-refractivity contribution < 1.29 is 19.0 Å². The molecule has 0 spiro atoms. The standard InChI is InChI=1S/C13H16O4/c1-15-11-5-4-10(6-7-14)9-12(11)17-13-3-2-8-16-13/h4-5,7,9,13H,2-3,6,8H2,1H3. The summed E-state index contributed by atoms with van der Waals surface area (Å²) in [6, 6.07) is 5.49. The van der Waals surface area contributed by atoms with Gasteiger partial charge in [0.2, 0.25) is 0 Å². The molecule has 1 saturated heterocycles. The number of carbonyl (C=O) groups excluding carboxylic acids is 1. The van der Waals surface area contributed by atoms with E-state index in [2.05, 4.69) is 0 Å². The summed E-state index contributed by atoms with van der Waals surface area (Å²) in [6.07, 6.45) is 2.96. The van der Waals surface area contributed by atoms with Crippen molar-refractivity contribution in [2.75, 3.05) is 13.7 Å². The van der Waals surface area contributed by atoms with Crippen LogP contribution < -0.4 is 9.47 Å². The van der Waals surface area contributed by atoms with Crippen LogP contribution in [0.3, 0.4) is 0 Å². The van der Waals surface area contributed by atoms with Gasteiger partial charge >= 0.3 is 0 Å². The van der Waals surface area contributed by atoms with Crippen molar-refractivity contribution in [3.63, 3.8) is 0 Å². The summed E-state index contributed by atoms with van der Waals surface area (Å²) in [7, 11) is 1.59. The summed E-state index contributed by atoms with van der Waals surface area (Å²) in [6.45, 7) is 0.737. The van der Waals surface area contributed by atoms with Crippen molar-refractivity contribution in [1.29, 1.82) is 0 Å². The van der Waals surface area contributed by atoms with Crippen LogP contribution in [0.5, 0.6) is 11.5 Å². The second-order valence-corrected chi connectivity index (χ2v) is 3.92. The Labute approximate surface area is 100 Å². The molecule has 1 aliphatic heterocycles. The molecule has 1 fully saturated rings. The van der Waals surface area contributed by atoms with Crippen LogP contribution in [0, 0.1) is 0 Å². The lowest BCUT2D eigenvalue weighted by Gasteiger charge is -2.16. The second kappa shape index (κ2) is 5.68. The normalized spacial score (nSPS) is 19.0. The first kappa shape index (κ1) is 11.9. The summed E-state index contributed by atoms with van der Waals surface area (Å²) in [5.74, 6) is 1.30. The molecule has 2 rings (SSSR count). The second-order valence-electron chi connectivity index (χ2n) is 3.92. The van der Waals surface area contributed by atoms with Gasteiger partial charge in [0, 0.05) is 12.8 Å². The molecule has 1 aromatic rings. The van der Waals surface area contributed by atoms with Gasteiger partial charge in [-0.3, -0.25) is 0 Å². The van der Waals surface area contributed by atoms with Crippen molar-refractivity contribution in [2.45, 2.75) is 25.6 Å². The third kappa shape index (κ3) is 2.97. The minimum absolute atomic E-state index is 0.199. The summed E-state index contributed by atoms with van der Waals surface area (Å²) >= 11 is 0. The van der Waals surface area contributed by atoms with Gasteiger partial charge in [0.25, 0.3) is 0 Å². The van der Waals surface area contributed by atoms with Gasteiger partial charge in [-0.05, 0) is 24.1 Å². The number of ether oxygens (including phenoxy) is 3. The molecular weight excluding hydrogens is 220 g/mol. The number of hydrogen-bond donors (Lipinski definition) is 0. The molecule has 0 N–H and O–H groups in total. The van der Waals surface area contributed by atoms with Crippen LogP contribution in [-0.4, -0.2) is 26.3 Å². The number of carbonyl (C=O) groups is 1. The lowest BCUT2D eigenvalue weighted by atomic mass is 10.1. The van der Waals surface area contributed by atoms with Crippen molar-refractivity contribution in [3.05, 3.63) is 23.8 Å². The van der Waals surface area contributed by atoms with Crippen LogP contribution in [0.4, 0.5) is 0 Å². The fraction of sp³-hybridized carbons (Fsp3) is 0.462. The van der Waals surface area contributed by atoms with Crippen molar-refractivity contribution in [3.8, 4) is 11.5 Å². The molecule has 4 heteroatoms. The van der Waals surface area contributed by atoms with Crippen molar-refractivity contribution in [2.24, 2.45) is 0 Å². The van der Waals surface area contributed by atoms with E-state index in [4.69, 9.17) is 14.2 Å². The number of benzene rings is 1. The van der Waals surface area contributed by atoms with E-state index in [9.17, 15) is 4.79 Å². The average Bonchev–Trinajstić information content (AvgIpc) is 2.83. The maximum absolute atomic E-state index is 10.5. The topological polar surface area (TPSA) is 44.8 Å². The number of hydrogen-bond acceptors (Lipinski definition) is 4. The Kier molecular flexibility index (Phi) is 3.98. The molecule has 1 heterocycles. The first-order chi connectivity index (χ1) is 8.33. The van der Waals surface area contributed by atoms with Crippen molar-refractivity contribution in [1.82, 2.24) is 0 Å². The van der Waals surface area contributed by atoms with Gasteiger partial charge in [-0.15, -0.1) is 0 Å². The molecular formula is C13H16O4. The van der Waals surface area contributed by atoms with E-state index in [1.807, 2.05) is 18.2 Å². The Hall–Kier alpha value is -1.55. The lowest BCUT2D eigenvalue weighted by molar-refractivity contribution is -0.107. The first-order valence-corrected chi connectivity index (χ1v) is 5.72. The molecule has 4 nitrogen and oxygen atoms in total. The van der Waals surface area contributed by atoms with Gasteiger partial charge in [0.05, 0.1) is 13.7 Å². The molecule has 1 atom stereocenters. The number of aldehydes is 1. The molecule has 1 aromatic carbocycles. The van der Waals surface area contributed by atoms with Crippen LogP contribution in [0.25, 0.3) is 0 Å². The fourth-order valence-electron chi connectivity index (χ4n) is 1.82. The molecule has 0 aromatic heterocycles. The maximum Gasteiger partial charge on any atom is 0.200 e. The van der Waals surface area contributed by atoms with E-state index in [0.717, 1.165) is 31.3 Å². The third-order valence-electron chi connectivity index (χ3n) is 2.69. The first-order valence-electron chi connectivity index (χ1n) is 5.72. The van der Waals surface area contributed by atoms with Gasteiger partial charge in [-0.1, -0.05) is 6.07 Å². The predicted octanol–water partition coefficient (Wildman–Crippen LogP) is 1.95. The van der Waals surface area contributed by atoms with E-state index in [1.54, 1.807) is 7.11 Å². The highest BCUT2D eigenvalue weighted by atomic mass is 16.7. The molecule has 0 bridgehead atoms. The van der Waals surface area contributed by atoms with Gasteiger partial charge < -0.3 is 19.0 Å². The summed E-state index contributed by atoms with van der Waals surface area (Å²) < 4.78 is 16.3. The molecule has 0 amide bonds. The molecule has 0 radical (unpaired) electrons. The number of rotatable bonds is 5.